The predicted octanol–water partition coefficient (Wildman–Crippen LogP) is 2.58. The van der Waals surface area contributed by atoms with E-state index in [2.05, 4.69) is 12.2 Å². The van der Waals surface area contributed by atoms with Gasteiger partial charge in [0, 0.05) is 29.5 Å². The van der Waals surface area contributed by atoms with Gasteiger partial charge in [-0.1, -0.05) is 25.1 Å². The fraction of sp³-hybridized carbons (Fsp3) is 0.500. The highest BCUT2D eigenvalue weighted by molar-refractivity contribution is 8.00. The van der Waals surface area contributed by atoms with Gasteiger partial charge in [0.1, 0.15) is 0 Å². The Morgan fingerprint density at radius 2 is 2.29 bits per heavy atom. The maximum atomic E-state index is 10.9. The summed E-state index contributed by atoms with van der Waals surface area (Å²) in [5.41, 5.74) is 0.972. The van der Waals surface area contributed by atoms with Crippen LogP contribution in [0, 0.1) is 10.1 Å². The molecule has 0 aromatic heterocycles. The first-order chi connectivity index (χ1) is 8.18. The highest BCUT2D eigenvalue weighted by Gasteiger charge is 2.24. The maximum absolute atomic E-state index is 10.9. The van der Waals surface area contributed by atoms with Crippen molar-refractivity contribution >= 4 is 17.4 Å². The number of benzene rings is 1. The summed E-state index contributed by atoms with van der Waals surface area (Å²) >= 11 is 1.95. The van der Waals surface area contributed by atoms with E-state index in [1.807, 2.05) is 23.9 Å². The van der Waals surface area contributed by atoms with Crippen LogP contribution >= 0.6 is 11.8 Å². The van der Waals surface area contributed by atoms with Crippen molar-refractivity contribution in [3.63, 3.8) is 0 Å². The number of nitrogens with zero attached hydrogens (tertiary/aromatic N) is 1. The lowest BCUT2D eigenvalue weighted by Crippen LogP contribution is -2.32. The summed E-state index contributed by atoms with van der Waals surface area (Å²) in [5.74, 6) is 1.18. The molecule has 0 spiro atoms. The molecule has 2 rings (SSSR count). The minimum absolute atomic E-state index is 0.207. The maximum Gasteiger partial charge on any atom is 0.273 e. The summed E-state index contributed by atoms with van der Waals surface area (Å²) in [5, 5.41) is 14.9. The van der Waals surface area contributed by atoms with Gasteiger partial charge in [-0.15, -0.1) is 0 Å². The SMILES string of the molecule is CC1SCCC1NCc1ccccc1[N+](=O)[O-]. The van der Waals surface area contributed by atoms with Gasteiger partial charge in [-0.3, -0.25) is 10.1 Å². The van der Waals surface area contributed by atoms with E-state index in [0.717, 1.165) is 12.0 Å². The van der Waals surface area contributed by atoms with Crippen molar-refractivity contribution in [3.05, 3.63) is 39.9 Å². The molecule has 1 aliphatic rings. The summed E-state index contributed by atoms with van der Waals surface area (Å²) in [6, 6.07) is 7.40. The largest absolute Gasteiger partial charge is 0.309 e. The molecule has 0 aliphatic carbocycles. The van der Waals surface area contributed by atoms with Gasteiger partial charge >= 0.3 is 0 Å². The third-order valence-electron chi connectivity index (χ3n) is 3.12. The zero-order valence-corrected chi connectivity index (χ0v) is 10.6. The molecule has 2 atom stereocenters. The molecular weight excluding hydrogens is 236 g/mol. The lowest BCUT2D eigenvalue weighted by Gasteiger charge is -2.16. The molecule has 1 aliphatic heterocycles. The molecule has 1 aromatic carbocycles. The van der Waals surface area contributed by atoms with E-state index in [4.69, 9.17) is 0 Å². The fourth-order valence-corrected chi connectivity index (χ4v) is 3.31. The van der Waals surface area contributed by atoms with Crippen molar-refractivity contribution in [3.8, 4) is 0 Å². The van der Waals surface area contributed by atoms with E-state index < -0.39 is 0 Å². The Morgan fingerprint density at radius 3 is 2.94 bits per heavy atom. The molecule has 5 heteroatoms. The van der Waals surface area contributed by atoms with E-state index >= 15 is 0 Å². The Bertz CT molecular complexity index is 411. The highest BCUT2D eigenvalue weighted by Crippen LogP contribution is 2.27. The first kappa shape index (κ1) is 12.4. The molecular formula is C12H16N2O2S. The van der Waals surface area contributed by atoms with Gasteiger partial charge in [0.25, 0.3) is 5.69 Å². The lowest BCUT2D eigenvalue weighted by atomic mass is 10.1. The van der Waals surface area contributed by atoms with Crippen LogP contribution in [0.1, 0.15) is 18.9 Å². The zero-order valence-electron chi connectivity index (χ0n) is 9.76. The van der Waals surface area contributed by atoms with Crippen LogP contribution in [0.4, 0.5) is 5.69 Å². The fourth-order valence-electron chi connectivity index (χ4n) is 2.08. The van der Waals surface area contributed by atoms with Gasteiger partial charge in [-0.05, 0) is 12.2 Å². The monoisotopic (exact) mass is 252 g/mol. The third-order valence-corrected chi connectivity index (χ3v) is 4.44. The Morgan fingerprint density at radius 1 is 1.53 bits per heavy atom. The van der Waals surface area contributed by atoms with E-state index in [1.165, 1.54) is 5.75 Å². The minimum Gasteiger partial charge on any atom is -0.309 e. The van der Waals surface area contributed by atoms with Crippen LogP contribution in [-0.4, -0.2) is 22.0 Å². The summed E-state index contributed by atoms with van der Waals surface area (Å²) in [6.45, 7) is 2.78. The van der Waals surface area contributed by atoms with Crippen LogP contribution in [0.3, 0.4) is 0 Å². The number of para-hydroxylation sites is 1. The number of hydrogen-bond donors (Lipinski definition) is 1. The van der Waals surface area contributed by atoms with Gasteiger partial charge in [0.2, 0.25) is 0 Å². The molecule has 1 N–H and O–H groups in total. The number of rotatable bonds is 4. The number of nitrogens with one attached hydrogen (secondary N) is 1. The average Bonchev–Trinajstić information content (AvgIpc) is 2.72. The smallest absolute Gasteiger partial charge is 0.273 e. The van der Waals surface area contributed by atoms with Crippen molar-refractivity contribution < 1.29 is 4.92 Å². The Labute approximate surface area is 105 Å². The third kappa shape index (κ3) is 2.98. The second-order valence-electron chi connectivity index (χ2n) is 4.24. The first-order valence-corrected chi connectivity index (χ1v) is 6.80. The van der Waals surface area contributed by atoms with Crippen LogP contribution in [0.5, 0.6) is 0 Å². The molecule has 1 heterocycles. The van der Waals surface area contributed by atoms with Crippen molar-refractivity contribution in [1.82, 2.24) is 5.32 Å². The number of nitro benzene ring substituents is 1. The number of hydrogen-bond acceptors (Lipinski definition) is 4. The van der Waals surface area contributed by atoms with E-state index in [9.17, 15) is 10.1 Å². The molecule has 0 amide bonds. The molecule has 1 fully saturated rings. The molecule has 92 valence electrons. The summed E-state index contributed by atoms with van der Waals surface area (Å²) in [6.07, 6.45) is 1.15. The normalized spacial score (nSPS) is 23.8. The average molecular weight is 252 g/mol. The van der Waals surface area contributed by atoms with Crippen molar-refractivity contribution in [2.24, 2.45) is 0 Å². The standard InChI is InChI=1S/C12H16N2O2S/c1-9-11(6-7-17-9)13-8-10-4-2-3-5-12(10)14(15)16/h2-5,9,11,13H,6-8H2,1H3. The Balaban J connectivity index is 2.01. The molecule has 1 aromatic rings. The number of nitro groups is 1. The van der Waals surface area contributed by atoms with Gasteiger partial charge in [-0.2, -0.15) is 11.8 Å². The van der Waals surface area contributed by atoms with Crippen LogP contribution in [-0.2, 0) is 6.54 Å². The van der Waals surface area contributed by atoms with E-state index in [-0.39, 0.29) is 10.6 Å². The molecule has 2 unspecified atom stereocenters. The second-order valence-corrected chi connectivity index (χ2v) is 5.72. The summed E-state index contributed by atoms with van der Waals surface area (Å²) in [7, 11) is 0. The Kier molecular flexibility index (Phi) is 4.02. The molecule has 0 saturated carbocycles. The van der Waals surface area contributed by atoms with E-state index in [1.54, 1.807) is 12.1 Å². The molecule has 0 bridgehead atoms. The van der Waals surface area contributed by atoms with Crippen LogP contribution in [0.25, 0.3) is 0 Å². The van der Waals surface area contributed by atoms with E-state index in [0.29, 0.717) is 17.8 Å². The summed E-state index contributed by atoms with van der Waals surface area (Å²) < 4.78 is 0. The van der Waals surface area contributed by atoms with Crippen molar-refractivity contribution in [1.29, 1.82) is 0 Å². The van der Waals surface area contributed by atoms with Gasteiger partial charge in [0.05, 0.1) is 4.92 Å². The molecule has 0 radical (unpaired) electrons. The second kappa shape index (κ2) is 5.51. The quantitative estimate of drug-likeness (QED) is 0.661. The van der Waals surface area contributed by atoms with Crippen LogP contribution < -0.4 is 5.32 Å². The minimum atomic E-state index is -0.316. The van der Waals surface area contributed by atoms with Crippen LogP contribution in [0.2, 0.25) is 0 Å². The zero-order chi connectivity index (χ0) is 12.3. The predicted molar refractivity (Wildman–Crippen MR) is 70.3 cm³/mol. The molecule has 4 nitrogen and oxygen atoms in total. The Hall–Kier alpha value is -1.07. The number of thioether (sulfide) groups is 1. The molecule has 17 heavy (non-hydrogen) atoms. The topological polar surface area (TPSA) is 55.2 Å². The van der Waals surface area contributed by atoms with Crippen molar-refractivity contribution in [2.75, 3.05) is 5.75 Å². The highest BCUT2D eigenvalue weighted by atomic mass is 32.2. The van der Waals surface area contributed by atoms with Crippen molar-refractivity contribution in [2.45, 2.75) is 31.2 Å². The van der Waals surface area contributed by atoms with Crippen LogP contribution in [0.15, 0.2) is 24.3 Å². The summed E-state index contributed by atoms with van der Waals surface area (Å²) in [4.78, 5) is 10.5. The van der Waals surface area contributed by atoms with Gasteiger partial charge < -0.3 is 5.32 Å². The molecule has 1 saturated heterocycles. The lowest BCUT2D eigenvalue weighted by molar-refractivity contribution is -0.385. The van der Waals surface area contributed by atoms with Gasteiger partial charge in [0.15, 0.2) is 0 Å². The first-order valence-electron chi connectivity index (χ1n) is 5.76. The van der Waals surface area contributed by atoms with Gasteiger partial charge in [-0.25, -0.2) is 0 Å².